The maximum Gasteiger partial charge on any atom is 0.253 e. The van der Waals surface area contributed by atoms with Crippen molar-refractivity contribution >= 4 is 5.91 Å². The molecule has 1 fully saturated rings. The number of carbonyl (C=O) groups is 1. The van der Waals surface area contributed by atoms with Crippen molar-refractivity contribution in [2.24, 2.45) is 5.41 Å². The zero-order chi connectivity index (χ0) is 14.6. The molecule has 2 rings (SSSR count). The van der Waals surface area contributed by atoms with Gasteiger partial charge in [-0.2, -0.15) is 0 Å². The number of hydrogen-bond acceptors (Lipinski definition) is 3. The highest BCUT2D eigenvalue weighted by molar-refractivity contribution is 5.81. The van der Waals surface area contributed by atoms with Gasteiger partial charge in [-0.15, -0.1) is 0 Å². The van der Waals surface area contributed by atoms with Crippen LogP contribution in [0.5, 0.6) is 0 Å². The molecule has 0 unspecified atom stereocenters. The van der Waals surface area contributed by atoms with Crippen LogP contribution in [0.25, 0.3) is 0 Å². The molecule has 0 aliphatic heterocycles. The maximum absolute atomic E-state index is 13.1. The van der Waals surface area contributed by atoms with Crippen molar-refractivity contribution in [3.05, 3.63) is 35.6 Å². The van der Waals surface area contributed by atoms with E-state index in [9.17, 15) is 14.3 Å². The number of nitrogens with one attached hydrogen (secondary N) is 1. The second kappa shape index (κ2) is 6.33. The minimum absolute atomic E-state index is 0.00787. The van der Waals surface area contributed by atoms with E-state index in [4.69, 9.17) is 4.74 Å². The molecule has 0 aromatic heterocycles. The number of rotatable bonds is 6. The zero-order valence-electron chi connectivity index (χ0n) is 11.6. The number of ether oxygens (including phenoxy) is 1. The number of benzene rings is 1. The number of hydrogen-bond donors (Lipinski definition) is 2. The fraction of sp³-hybridized carbons (Fsp3) is 0.533. The van der Waals surface area contributed by atoms with Crippen molar-refractivity contribution in [3.63, 3.8) is 0 Å². The van der Waals surface area contributed by atoms with Crippen LogP contribution in [0.2, 0.25) is 0 Å². The van der Waals surface area contributed by atoms with Crippen LogP contribution in [-0.4, -0.2) is 31.3 Å². The van der Waals surface area contributed by atoms with Crippen LogP contribution in [0.15, 0.2) is 24.3 Å². The monoisotopic (exact) mass is 281 g/mol. The zero-order valence-corrected chi connectivity index (χ0v) is 11.6. The Labute approximate surface area is 117 Å². The van der Waals surface area contributed by atoms with E-state index in [2.05, 4.69) is 5.32 Å². The van der Waals surface area contributed by atoms with Gasteiger partial charge >= 0.3 is 0 Å². The molecule has 0 heterocycles. The Kier molecular flexibility index (Phi) is 4.73. The summed E-state index contributed by atoms with van der Waals surface area (Å²) in [5.74, 6) is -0.970. The van der Waals surface area contributed by atoms with Crippen molar-refractivity contribution in [2.75, 3.05) is 20.3 Å². The Hall–Kier alpha value is -1.46. The number of amides is 1. The molecule has 0 spiro atoms. The molecule has 1 aromatic rings. The minimum atomic E-state index is -1.34. The van der Waals surface area contributed by atoms with Gasteiger partial charge in [0, 0.05) is 19.1 Å². The second-order valence-corrected chi connectivity index (χ2v) is 5.46. The van der Waals surface area contributed by atoms with Crippen molar-refractivity contribution in [3.8, 4) is 0 Å². The molecule has 2 N–H and O–H groups in total. The summed E-state index contributed by atoms with van der Waals surface area (Å²) in [6.45, 7) is 1.08. The molecule has 1 aromatic carbocycles. The van der Waals surface area contributed by atoms with Gasteiger partial charge in [0.15, 0.2) is 6.10 Å². The molecule has 1 amide bonds. The molecule has 1 aliphatic rings. The van der Waals surface area contributed by atoms with Gasteiger partial charge < -0.3 is 15.2 Å². The molecule has 0 saturated heterocycles. The normalized spacial score (nSPS) is 18.1. The number of halogens is 1. The maximum atomic E-state index is 13.1. The van der Waals surface area contributed by atoms with Gasteiger partial charge in [-0.1, -0.05) is 18.6 Å². The van der Waals surface area contributed by atoms with Gasteiger partial charge in [0.1, 0.15) is 5.82 Å². The lowest BCUT2D eigenvalue weighted by atomic mass is 9.69. The summed E-state index contributed by atoms with van der Waals surface area (Å²) in [6, 6.07) is 5.44. The number of aliphatic hydroxyl groups excluding tert-OH is 1. The van der Waals surface area contributed by atoms with Gasteiger partial charge in [0.25, 0.3) is 5.91 Å². The van der Waals surface area contributed by atoms with Gasteiger partial charge in [-0.25, -0.2) is 4.39 Å². The Balaban J connectivity index is 1.91. The van der Waals surface area contributed by atoms with E-state index in [1.54, 1.807) is 7.11 Å². The van der Waals surface area contributed by atoms with Crippen LogP contribution < -0.4 is 5.32 Å². The third-order valence-electron chi connectivity index (χ3n) is 3.92. The molecule has 1 saturated carbocycles. The predicted octanol–water partition coefficient (Wildman–Crippen LogP) is 1.79. The third kappa shape index (κ3) is 3.35. The highest BCUT2D eigenvalue weighted by atomic mass is 19.1. The van der Waals surface area contributed by atoms with Crippen molar-refractivity contribution in [2.45, 2.75) is 25.4 Å². The van der Waals surface area contributed by atoms with E-state index in [0.717, 1.165) is 19.3 Å². The SMILES string of the molecule is COCC1(CNC(=O)[C@H](O)c2cccc(F)c2)CCC1. The Morgan fingerprint density at radius 1 is 1.55 bits per heavy atom. The molecule has 1 atom stereocenters. The standard InChI is InChI=1S/C15H20FNO3/c1-20-10-15(6-3-7-15)9-17-14(19)13(18)11-4-2-5-12(16)8-11/h2,4-5,8,13,18H,3,6-7,9-10H2,1H3,(H,17,19)/t13-/m1/s1. The molecule has 0 bridgehead atoms. The first-order valence-electron chi connectivity index (χ1n) is 6.76. The molecule has 20 heavy (non-hydrogen) atoms. The predicted molar refractivity (Wildman–Crippen MR) is 72.5 cm³/mol. The van der Waals surface area contributed by atoms with E-state index in [-0.39, 0.29) is 11.0 Å². The quantitative estimate of drug-likeness (QED) is 0.836. The van der Waals surface area contributed by atoms with Crippen molar-refractivity contribution in [1.82, 2.24) is 5.32 Å². The van der Waals surface area contributed by atoms with Gasteiger partial charge in [0.05, 0.1) is 6.61 Å². The van der Waals surface area contributed by atoms with Crippen LogP contribution in [0.4, 0.5) is 4.39 Å². The van der Waals surface area contributed by atoms with E-state index >= 15 is 0 Å². The van der Waals surface area contributed by atoms with E-state index in [1.807, 2.05) is 0 Å². The first-order valence-corrected chi connectivity index (χ1v) is 6.76. The summed E-state index contributed by atoms with van der Waals surface area (Å²) in [6.07, 6.45) is 1.81. The highest BCUT2D eigenvalue weighted by Crippen LogP contribution is 2.40. The van der Waals surface area contributed by atoms with Gasteiger partial charge in [-0.3, -0.25) is 4.79 Å². The smallest absolute Gasteiger partial charge is 0.253 e. The van der Waals surface area contributed by atoms with E-state index in [1.165, 1.54) is 24.3 Å². The summed E-state index contributed by atoms with van der Waals surface area (Å²) in [4.78, 5) is 11.9. The summed E-state index contributed by atoms with van der Waals surface area (Å²) >= 11 is 0. The summed E-state index contributed by atoms with van der Waals surface area (Å²) in [5, 5.41) is 12.7. The molecule has 110 valence electrons. The van der Waals surface area contributed by atoms with Gasteiger partial charge in [0.2, 0.25) is 0 Å². The van der Waals surface area contributed by atoms with Gasteiger partial charge in [-0.05, 0) is 30.5 Å². The first-order chi connectivity index (χ1) is 9.56. The Morgan fingerprint density at radius 2 is 2.30 bits per heavy atom. The Morgan fingerprint density at radius 3 is 2.85 bits per heavy atom. The summed E-state index contributed by atoms with van der Waals surface area (Å²) in [5.41, 5.74) is 0.253. The lowest BCUT2D eigenvalue weighted by Gasteiger charge is -2.41. The molecule has 0 radical (unpaired) electrons. The molecule has 5 heteroatoms. The molecule has 4 nitrogen and oxygen atoms in total. The van der Waals surface area contributed by atoms with E-state index < -0.39 is 17.8 Å². The Bertz CT molecular complexity index is 474. The largest absolute Gasteiger partial charge is 0.384 e. The fourth-order valence-corrected chi connectivity index (χ4v) is 2.55. The van der Waals surface area contributed by atoms with Crippen LogP contribution >= 0.6 is 0 Å². The van der Waals surface area contributed by atoms with Crippen molar-refractivity contribution in [1.29, 1.82) is 0 Å². The topological polar surface area (TPSA) is 58.6 Å². The van der Waals surface area contributed by atoms with Crippen molar-refractivity contribution < 1.29 is 19.0 Å². The number of methoxy groups -OCH3 is 1. The molecular weight excluding hydrogens is 261 g/mol. The van der Waals surface area contributed by atoms with Crippen LogP contribution in [0.3, 0.4) is 0 Å². The first kappa shape index (κ1) is 14.9. The van der Waals surface area contributed by atoms with Crippen LogP contribution in [0, 0.1) is 11.2 Å². The number of aliphatic hydroxyl groups is 1. The lowest BCUT2D eigenvalue weighted by Crippen LogP contribution is -2.46. The average Bonchev–Trinajstić information content (AvgIpc) is 2.40. The summed E-state index contributed by atoms with van der Waals surface area (Å²) < 4.78 is 18.2. The molecule has 1 aliphatic carbocycles. The highest BCUT2D eigenvalue weighted by Gasteiger charge is 2.37. The minimum Gasteiger partial charge on any atom is -0.384 e. The lowest BCUT2D eigenvalue weighted by molar-refractivity contribution is -0.130. The summed E-state index contributed by atoms with van der Waals surface area (Å²) in [7, 11) is 1.64. The van der Waals surface area contributed by atoms with E-state index in [0.29, 0.717) is 13.2 Å². The second-order valence-electron chi connectivity index (χ2n) is 5.46. The average molecular weight is 281 g/mol. The van der Waals surface area contributed by atoms with Crippen LogP contribution in [-0.2, 0) is 9.53 Å². The molecular formula is C15H20FNO3. The van der Waals surface area contributed by atoms with Crippen LogP contribution in [0.1, 0.15) is 30.9 Å². The number of carbonyl (C=O) groups excluding carboxylic acids is 1. The fourth-order valence-electron chi connectivity index (χ4n) is 2.55. The third-order valence-corrected chi connectivity index (χ3v) is 3.92.